The molecule has 0 N–H and O–H groups in total. The van der Waals surface area contributed by atoms with Crippen LogP contribution in [0.3, 0.4) is 0 Å². The molecule has 2 bridgehead atoms. The number of carbonyl (C=O) groups excluding carboxylic acids is 1. The first-order valence-electron chi connectivity index (χ1n) is 8.78. The van der Waals surface area contributed by atoms with Crippen LogP contribution in [-0.2, 0) is 0 Å². The first-order valence-corrected chi connectivity index (χ1v) is 8.78. The molecule has 0 aromatic carbocycles. The van der Waals surface area contributed by atoms with E-state index in [1.165, 1.54) is 0 Å². The summed E-state index contributed by atoms with van der Waals surface area (Å²) in [7, 11) is 0. The third-order valence-corrected chi connectivity index (χ3v) is 5.28. The van der Waals surface area contributed by atoms with E-state index in [9.17, 15) is 4.79 Å². The summed E-state index contributed by atoms with van der Waals surface area (Å²) in [4.78, 5) is 21.3. The Balaban J connectivity index is 1.36. The van der Waals surface area contributed by atoms with Crippen LogP contribution in [0.2, 0.25) is 0 Å². The molecule has 132 valence electrons. The summed E-state index contributed by atoms with van der Waals surface area (Å²) in [5.74, 6) is 1.76. The van der Waals surface area contributed by atoms with Gasteiger partial charge >= 0.3 is 0 Å². The van der Waals surface area contributed by atoms with Crippen LogP contribution in [0.4, 0.5) is 5.82 Å². The molecule has 8 nitrogen and oxygen atoms in total. The highest BCUT2D eigenvalue weighted by atomic mass is 16.2. The van der Waals surface area contributed by atoms with Gasteiger partial charge in [0.1, 0.15) is 5.82 Å². The number of hydrogen-bond acceptors (Lipinski definition) is 6. The Morgan fingerprint density at radius 3 is 2.69 bits per heavy atom. The molecule has 0 aliphatic carbocycles. The quantitative estimate of drug-likeness (QED) is 0.693. The van der Waals surface area contributed by atoms with Crippen molar-refractivity contribution in [3.05, 3.63) is 47.5 Å². The molecule has 2 atom stereocenters. The van der Waals surface area contributed by atoms with Gasteiger partial charge in [0, 0.05) is 25.5 Å². The minimum absolute atomic E-state index is 0.0835. The predicted octanol–water partition coefficient (Wildman–Crippen LogP) is 1.24. The van der Waals surface area contributed by atoms with E-state index in [0.717, 1.165) is 42.4 Å². The number of piperazine rings is 1. The van der Waals surface area contributed by atoms with Gasteiger partial charge in [0.25, 0.3) is 5.91 Å². The summed E-state index contributed by atoms with van der Waals surface area (Å²) in [6.45, 7) is 5.43. The average Bonchev–Trinajstić information content (AvgIpc) is 3.02. The number of carbonyl (C=O) groups is 1. The highest BCUT2D eigenvalue weighted by Crippen LogP contribution is 2.35. The number of hydrogen-bond donors (Lipinski definition) is 0. The second kappa shape index (κ2) is 5.48. The maximum absolute atomic E-state index is 12.9. The fraction of sp³-hybridized carbons (Fsp3) is 0.389. The number of pyridine rings is 1. The highest BCUT2D eigenvalue weighted by molar-refractivity contribution is 5.95. The van der Waals surface area contributed by atoms with Crippen LogP contribution < -0.4 is 4.90 Å². The standard InChI is InChI=1S/C18H19N7O/c1-11-5-13(8-19-7-11)18(26)24-14-6-15(24)10-23(9-14)17-4-3-16-21-20-12(2)25(16)22-17/h3-5,7-8,14-15H,6,9-10H2,1-2H3. The minimum atomic E-state index is 0.0835. The molecule has 26 heavy (non-hydrogen) atoms. The number of fused-ring (bicyclic) bond motifs is 3. The SMILES string of the molecule is Cc1cncc(C(=O)N2C3CC2CN(c2ccc4nnc(C)n4n2)C3)c1. The molecule has 1 amide bonds. The Morgan fingerprint density at radius 2 is 1.92 bits per heavy atom. The number of rotatable bonds is 2. The number of amides is 1. The van der Waals surface area contributed by atoms with Crippen LogP contribution in [-0.4, -0.2) is 60.8 Å². The summed E-state index contributed by atoms with van der Waals surface area (Å²) in [5, 5.41) is 12.8. The van der Waals surface area contributed by atoms with Gasteiger partial charge in [-0.15, -0.1) is 15.3 Å². The van der Waals surface area contributed by atoms with Crippen molar-refractivity contribution in [3.63, 3.8) is 0 Å². The maximum atomic E-state index is 12.9. The van der Waals surface area contributed by atoms with Crippen LogP contribution in [0.25, 0.3) is 5.65 Å². The predicted molar refractivity (Wildman–Crippen MR) is 95.1 cm³/mol. The molecule has 8 heteroatoms. The zero-order valence-electron chi connectivity index (χ0n) is 14.7. The lowest BCUT2D eigenvalue weighted by Gasteiger charge is -2.56. The lowest BCUT2D eigenvalue weighted by molar-refractivity contribution is 0.00568. The molecule has 3 saturated heterocycles. The van der Waals surface area contributed by atoms with Gasteiger partial charge in [0.05, 0.1) is 17.6 Å². The largest absolute Gasteiger partial charge is 0.351 e. The number of piperidine rings is 1. The van der Waals surface area contributed by atoms with Gasteiger partial charge in [0.2, 0.25) is 0 Å². The van der Waals surface area contributed by atoms with Crippen LogP contribution in [0.5, 0.6) is 0 Å². The smallest absolute Gasteiger partial charge is 0.256 e. The Kier molecular flexibility index (Phi) is 3.22. The first-order chi connectivity index (χ1) is 12.6. The Labute approximate surface area is 150 Å². The van der Waals surface area contributed by atoms with Crippen LogP contribution in [0.15, 0.2) is 30.6 Å². The fourth-order valence-electron chi connectivity index (χ4n) is 4.00. The van der Waals surface area contributed by atoms with Gasteiger partial charge in [0.15, 0.2) is 11.5 Å². The zero-order valence-corrected chi connectivity index (χ0v) is 14.7. The molecule has 0 saturated carbocycles. The summed E-state index contributed by atoms with van der Waals surface area (Å²) in [6, 6.07) is 6.27. The van der Waals surface area contributed by atoms with Crippen LogP contribution >= 0.6 is 0 Å². The highest BCUT2D eigenvalue weighted by Gasteiger charge is 2.47. The lowest BCUT2D eigenvalue weighted by Crippen LogP contribution is -2.70. The van der Waals surface area contributed by atoms with Gasteiger partial charge in [-0.3, -0.25) is 9.78 Å². The minimum Gasteiger partial charge on any atom is -0.351 e. The molecule has 6 rings (SSSR count). The van der Waals surface area contributed by atoms with E-state index < -0.39 is 0 Å². The molecule has 3 aromatic heterocycles. The zero-order chi connectivity index (χ0) is 17.8. The molecule has 0 radical (unpaired) electrons. The van der Waals surface area contributed by atoms with E-state index in [1.54, 1.807) is 16.9 Å². The number of aryl methyl sites for hydroxylation is 2. The molecular formula is C18H19N7O. The Morgan fingerprint density at radius 1 is 1.12 bits per heavy atom. The average molecular weight is 349 g/mol. The van der Waals surface area contributed by atoms with E-state index in [4.69, 9.17) is 0 Å². The third kappa shape index (κ3) is 2.25. The molecule has 6 heterocycles. The van der Waals surface area contributed by atoms with E-state index in [1.807, 2.05) is 36.9 Å². The second-order valence-corrected chi connectivity index (χ2v) is 7.12. The van der Waals surface area contributed by atoms with Gasteiger partial charge in [-0.2, -0.15) is 4.52 Å². The molecule has 3 aliphatic rings. The van der Waals surface area contributed by atoms with Gasteiger partial charge in [-0.1, -0.05) is 0 Å². The van der Waals surface area contributed by atoms with Crippen molar-refractivity contribution in [2.75, 3.05) is 18.0 Å². The van der Waals surface area contributed by atoms with Crippen molar-refractivity contribution in [2.45, 2.75) is 32.4 Å². The van der Waals surface area contributed by atoms with Gasteiger partial charge < -0.3 is 9.80 Å². The van der Waals surface area contributed by atoms with Crippen molar-refractivity contribution in [1.29, 1.82) is 0 Å². The maximum Gasteiger partial charge on any atom is 0.256 e. The second-order valence-electron chi connectivity index (χ2n) is 7.12. The van der Waals surface area contributed by atoms with E-state index in [2.05, 4.69) is 25.2 Å². The number of nitrogens with zero attached hydrogens (tertiary/aromatic N) is 7. The summed E-state index contributed by atoms with van der Waals surface area (Å²) in [5.41, 5.74) is 2.43. The normalized spacial score (nSPS) is 21.8. The molecule has 3 aromatic rings. The fourth-order valence-corrected chi connectivity index (χ4v) is 4.00. The molecule has 0 spiro atoms. The molecular weight excluding hydrogens is 330 g/mol. The van der Waals surface area contributed by atoms with Gasteiger partial charge in [-0.25, -0.2) is 0 Å². The van der Waals surface area contributed by atoms with Crippen molar-refractivity contribution < 1.29 is 4.79 Å². The third-order valence-electron chi connectivity index (χ3n) is 5.28. The first kappa shape index (κ1) is 15.2. The lowest BCUT2D eigenvalue weighted by atomic mass is 9.86. The summed E-state index contributed by atoms with van der Waals surface area (Å²) >= 11 is 0. The van der Waals surface area contributed by atoms with E-state index in [-0.39, 0.29) is 18.0 Å². The van der Waals surface area contributed by atoms with Crippen molar-refractivity contribution in [2.24, 2.45) is 0 Å². The topological polar surface area (TPSA) is 79.5 Å². The summed E-state index contributed by atoms with van der Waals surface area (Å²) in [6.07, 6.45) is 4.48. The number of anilines is 1. The van der Waals surface area contributed by atoms with Crippen LogP contribution in [0, 0.1) is 13.8 Å². The Hall–Kier alpha value is -3.03. The Bertz CT molecular complexity index is 1000. The van der Waals surface area contributed by atoms with Crippen LogP contribution in [0.1, 0.15) is 28.2 Å². The van der Waals surface area contributed by atoms with Crippen molar-refractivity contribution in [1.82, 2.24) is 29.7 Å². The van der Waals surface area contributed by atoms with E-state index >= 15 is 0 Å². The number of aromatic nitrogens is 5. The molecule has 3 aliphatic heterocycles. The monoisotopic (exact) mass is 349 g/mol. The van der Waals surface area contributed by atoms with Gasteiger partial charge in [-0.05, 0) is 44.0 Å². The summed E-state index contributed by atoms with van der Waals surface area (Å²) < 4.78 is 1.76. The molecule has 3 fully saturated rings. The van der Waals surface area contributed by atoms with Crippen molar-refractivity contribution in [3.8, 4) is 0 Å². The van der Waals surface area contributed by atoms with E-state index in [0.29, 0.717) is 5.56 Å². The molecule has 2 unspecified atom stereocenters. The van der Waals surface area contributed by atoms with Crippen molar-refractivity contribution >= 4 is 17.4 Å².